The molecule has 26 heavy (non-hydrogen) atoms. The predicted octanol–water partition coefficient (Wildman–Crippen LogP) is 3.36. The lowest BCUT2D eigenvalue weighted by molar-refractivity contribution is -0.116. The average Bonchev–Trinajstić information content (AvgIpc) is 3.30. The maximum atomic E-state index is 12.8. The van der Waals surface area contributed by atoms with Gasteiger partial charge in [0.1, 0.15) is 12.2 Å². The molecular formula is C19H14N4O2S. The first kappa shape index (κ1) is 16.2. The van der Waals surface area contributed by atoms with E-state index >= 15 is 0 Å². The van der Waals surface area contributed by atoms with Crippen molar-refractivity contribution in [2.24, 2.45) is 0 Å². The number of aromatic nitrogens is 3. The van der Waals surface area contributed by atoms with Crippen LogP contribution in [0, 0.1) is 0 Å². The van der Waals surface area contributed by atoms with Gasteiger partial charge in [0.2, 0.25) is 11.7 Å². The summed E-state index contributed by atoms with van der Waals surface area (Å²) in [5.41, 5.74) is 1.64. The third kappa shape index (κ3) is 3.12. The summed E-state index contributed by atoms with van der Waals surface area (Å²) in [6, 6.07) is 16.4. The SMILES string of the molecule is O=C(Cn1nc(C(=O)c2ccccc2)c2ccccc21)Nc1nccs1. The Morgan fingerprint density at radius 3 is 2.58 bits per heavy atom. The second-order valence-electron chi connectivity index (χ2n) is 5.60. The zero-order chi connectivity index (χ0) is 17.9. The number of nitrogens with one attached hydrogen (secondary N) is 1. The summed E-state index contributed by atoms with van der Waals surface area (Å²) < 4.78 is 1.55. The Hall–Kier alpha value is -3.32. The van der Waals surface area contributed by atoms with E-state index in [1.54, 1.807) is 28.4 Å². The minimum absolute atomic E-state index is 0.00215. The molecule has 0 aliphatic heterocycles. The number of hydrogen-bond acceptors (Lipinski definition) is 5. The zero-order valence-corrected chi connectivity index (χ0v) is 14.4. The van der Waals surface area contributed by atoms with E-state index in [1.165, 1.54) is 11.3 Å². The minimum Gasteiger partial charge on any atom is -0.300 e. The summed E-state index contributed by atoms with van der Waals surface area (Å²) in [4.78, 5) is 29.1. The van der Waals surface area contributed by atoms with E-state index in [2.05, 4.69) is 15.4 Å². The van der Waals surface area contributed by atoms with Crippen LogP contribution >= 0.6 is 11.3 Å². The first-order valence-corrected chi connectivity index (χ1v) is 8.85. The van der Waals surface area contributed by atoms with Crippen LogP contribution in [-0.2, 0) is 11.3 Å². The topological polar surface area (TPSA) is 76.9 Å². The van der Waals surface area contributed by atoms with E-state index in [9.17, 15) is 9.59 Å². The summed E-state index contributed by atoms with van der Waals surface area (Å²) in [6.07, 6.45) is 1.63. The highest BCUT2D eigenvalue weighted by atomic mass is 32.1. The van der Waals surface area contributed by atoms with E-state index in [4.69, 9.17) is 0 Å². The summed E-state index contributed by atoms with van der Waals surface area (Å²) in [6.45, 7) is 0.00215. The van der Waals surface area contributed by atoms with Crippen molar-refractivity contribution in [1.29, 1.82) is 0 Å². The summed E-state index contributed by atoms with van der Waals surface area (Å²) in [5, 5.41) is 10.2. The van der Waals surface area contributed by atoms with Crippen LogP contribution in [0.4, 0.5) is 5.13 Å². The van der Waals surface area contributed by atoms with E-state index < -0.39 is 0 Å². The van der Waals surface area contributed by atoms with Crippen LogP contribution in [0.1, 0.15) is 16.1 Å². The highest BCUT2D eigenvalue weighted by Gasteiger charge is 2.19. The maximum absolute atomic E-state index is 12.8. The van der Waals surface area contributed by atoms with Crippen molar-refractivity contribution < 1.29 is 9.59 Å². The molecule has 0 spiro atoms. The molecule has 0 radical (unpaired) electrons. The Kier molecular flexibility index (Phi) is 4.28. The number of rotatable bonds is 5. The second kappa shape index (κ2) is 6.89. The first-order chi connectivity index (χ1) is 12.7. The maximum Gasteiger partial charge on any atom is 0.247 e. The number of fused-ring (bicyclic) bond motifs is 1. The zero-order valence-electron chi connectivity index (χ0n) is 13.6. The Morgan fingerprint density at radius 2 is 1.81 bits per heavy atom. The van der Waals surface area contributed by atoms with Crippen LogP contribution in [0.15, 0.2) is 66.2 Å². The molecule has 0 fully saturated rings. The van der Waals surface area contributed by atoms with Crippen LogP contribution in [0.2, 0.25) is 0 Å². The van der Waals surface area contributed by atoms with Crippen LogP contribution in [-0.4, -0.2) is 26.5 Å². The first-order valence-electron chi connectivity index (χ1n) is 7.97. The number of ketones is 1. The van der Waals surface area contributed by atoms with Gasteiger partial charge in [-0.05, 0) is 6.07 Å². The summed E-state index contributed by atoms with van der Waals surface area (Å²) >= 11 is 1.35. The number of para-hydroxylation sites is 1. The third-order valence-corrected chi connectivity index (χ3v) is 4.57. The molecule has 4 rings (SSSR count). The molecule has 4 aromatic rings. The van der Waals surface area contributed by atoms with Crippen molar-refractivity contribution in [2.75, 3.05) is 5.32 Å². The highest BCUT2D eigenvalue weighted by molar-refractivity contribution is 7.13. The van der Waals surface area contributed by atoms with E-state index in [0.717, 1.165) is 10.9 Å². The van der Waals surface area contributed by atoms with Crippen LogP contribution in [0.25, 0.3) is 10.9 Å². The molecule has 1 N–H and O–H groups in total. The van der Waals surface area contributed by atoms with Crippen molar-refractivity contribution in [3.05, 3.63) is 77.4 Å². The Bertz CT molecular complexity index is 1070. The van der Waals surface area contributed by atoms with Crippen molar-refractivity contribution in [3.63, 3.8) is 0 Å². The van der Waals surface area contributed by atoms with Gasteiger partial charge in [-0.1, -0.05) is 48.5 Å². The lowest BCUT2D eigenvalue weighted by Crippen LogP contribution is -2.19. The average molecular weight is 362 g/mol. The largest absolute Gasteiger partial charge is 0.300 e. The van der Waals surface area contributed by atoms with Gasteiger partial charge in [-0.3, -0.25) is 14.3 Å². The number of thiazole rings is 1. The normalized spacial score (nSPS) is 10.8. The van der Waals surface area contributed by atoms with Gasteiger partial charge in [-0.2, -0.15) is 5.10 Å². The molecule has 7 heteroatoms. The number of carbonyl (C=O) groups is 2. The molecule has 0 bridgehead atoms. The van der Waals surface area contributed by atoms with Gasteiger partial charge in [-0.15, -0.1) is 11.3 Å². The Balaban J connectivity index is 1.68. The Labute approximate surface area is 153 Å². The molecule has 0 saturated carbocycles. The molecule has 0 saturated heterocycles. The molecule has 128 valence electrons. The number of anilines is 1. The van der Waals surface area contributed by atoms with Gasteiger partial charge in [0.15, 0.2) is 5.13 Å². The summed E-state index contributed by atoms with van der Waals surface area (Å²) in [7, 11) is 0. The van der Waals surface area contributed by atoms with Crippen molar-refractivity contribution >= 4 is 39.1 Å². The molecule has 0 aliphatic carbocycles. The van der Waals surface area contributed by atoms with E-state index in [0.29, 0.717) is 16.4 Å². The van der Waals surface area contributed by atoms with E-state index in [-0.39, 0.29) is 18.2 Å². The van der Waals surface area contributed by atoms with Gasteiger partial charge < -0.3 is 5.32 Å². The van der Waals surface area contributed by atoms with Gasteiger partial charge >= 0.3 is 0 Å². The quantitative estimate of drug-likeness (QED) is 0.552. The lowest BCUT2D eigenvalue weighted by Gasteiger charge is -2.03. The Morgan fingerprint density at radius 1 is 1.04 bits per heavy atom. The summed E-state index contributed by atoms with van der Waals surface area (Å²) in [5.74, 6) is -0.409. The van der Waals surface area contributed by atoms with Crippen LogP contribution < -0.4 is 5.32 Å². The molecule has 1 amide bonds. The number of nitrogens with zero attached hydrogens (tertiary/aromatic N) is 3. The number of carbonyl (C=O) groups excluding carboxylic acids is 2. The minimum atomic E-state index is -0.244. The molecular weight excluding hydrogens is 348 g/mol. The number of amides is 1. The van der Waals surface area contributed by atoms with Crippen molar-refractivity contribution in [2.45, 2.75) is 6.54 Å². The monoisotopic (exact) mass is 362 g/mol. The highest BCUT2D eigenvalue weighted by Crippen LogP contribution is 2.21. The van der Waals surface area contributed by atoms with Gasteiger partial charge in [-0.25, -0.2) is 4.98 Å². The second-order valence-corrected chi connectivity index (χ2v) is 6.50. The van der Waals surface area contributed by atoms with Gasteiger partial charge in [0, 0.05) is 22.5 Å². The number of hydrogen-bond donors (Lipinski definition) is 1. The molecule has 2 heterocycles. The number of benzene rings is 2. The molecule has 2 aromatic carbocycles. The van der Waals surface area contributed by atoms with Gasteiger partial charge in [0.05, 0.1) is 5.52 Å². The predicted molar refractivity (Wildman–Crippen MR) is 100 cm³/mol. The van der Waals surface area contributed by atoms with Crippen LogP contribution in [0.5, 0.6) is 0 Å². The molecule has 0 unspecified atom stereocenters. The standard InChI is InChI=1S/C19H14N4O2S/c24-16(21-19-20-10-11-26-19)12-23-15-9-5-4-8-14(15)17(22-23)18(25)13-6-2-1-3-7-13/h1-11H,12H2,(H,20,21,24). The fourth-order valence-corrected chi connectivity index (χ4v) is 3.27. The molecule has 0 atom stereocenters. The third-order valence-electron chi connectivity index (χ3n) is 3.88. The van der Waals surface area contributed by atoms with Crippen LogP contribution in [0.3, 0.4) is 0 Å². The van der Waals surface area contributed by atoms with Gasteiger partial charge in [0.25, 0.3) is 0 Å². The molecule has 2 aromatic heterocycles. The fraction of sp³-hybridized carbons (Fsp3) is 0.0526. The van der Waals surface area contributed by atoms with E-state index in [1.807, 2.05) is 42.5 Å². The fourth-order valence-electron chi connectivity index (χ4n) is 2.72. The lowest BCUT2D eigenvalue weighted by atomic mass is 10.1. The molecule has 0 aliphatic rings. The van der Waals surface area contributed by atoms with Crippen molar-refractivity contribution in [1.82, 2.24) is 14.8 Å². The molecule has 6 nitrogen and oxygen atoms in total. The smallest absolute Gasteiger partial charge is 0.247 e. The van der Waals surface area contributed by atoms with Crippen molar-refractivity contribution in [3.8, 4) is 0 Å².